The minimum absolute atomic E-state index is 0.0528. The van der Waals surface area contributed by atoms with Gasteiger partial charge in [0, 0.05) is 30.4 Å². The molecule has 21 heavy (non-hydrogen) atoms. The molecule has 1 aromatic heterocycles. The van der Waals surface area contributed by atoms with Crippen molar-refractivity contribution in [3.63, 3.8) is 0 Å². The summed E-state index contributed by atoms with van der Waals surface area (Å²) in [4.78, 5) is 10.3. The van der Waals surface area contributed by atoms with Crippen LogP contribution in [0.3, 0.4) is 0 Å². The molecule has 3 rings (SSSR count). The average molecular weight is 301 g/mol. The zero-order chi connectivity index (χ0) is 14.7. The van der Waals surface area contributed by atoms with E-state index in [0.717, 1.165) is 18.7 Å². The van der Waals surface area contributed by atoms with Gasteiger partial charge < -0.3 is 9.64 Å². The Bertz CT molecular complexity index is 685. The van der Waals surface area contributed by atoms with E-state index in [-0.39, 0.29) is 6.10 Å². The molecule has 0 amide bonds. The highest BCUT2D eigenvalue weighted by Crippen LogP contribution is 2.25. The van der Waals surface area contributed by atoms with Gasteiger partial charge in [-0.2, -0.15) is 5.26 Å². The van der Waals surface area contributed by atoms with Crippen molar-refractivity contribution in [3.05, 3.63) is 47.4 Å². The lowest BCUT2D eigenvalue weighted by atomic mass is 10.3. The van der Waals surface area contributed by atoms with E-state index >= 15 is 0 Å². The summed E-state index contributed by atoms with van der Waals surface area (Å²) in [5.74, 6) is 1.38. The molecule has 1 saturated heterocycles. The Morgan fingerprint density at radius 2 is 2.19 bits per heavy atom. The van der Waals surface area contributed by atoms with E-state index in [0.29, 0.717) is 23.1 Å². The number of ether oxygens (including phenoxy) is 1. The number of hydrogen-bond donors (Lipinski definition) is 0. The predicted molar refractivity (Wildman–Crippen MR) is 79.4 cm³/mol. The molecule has 106 valence electrons. The lowest BCUT2D eigenvalue weighted by Crippen LogP contribution is -2.26. The maximum absolute atomic E-state index is 9.09. The largest absolute Gasteiger partial charge is 0.488 e. The SMILES string of the molecule is N#Cc1nccnc1N1CCC(Oc2cccc(Cl)c2)C1. The lowest BCUT2D eigenvalue weighted by Gasteiger charge is -2.18. The average Bonchev–Trinajstić information content (AvgIpc) is 2.95. The molecule has 1 fully saturated rings. The maximum atomic E-state index is 9.09. The molecule has 0 radical (unpaired) electrons. The van der Waals surface area contributed by atoms with Crippen molar-refractivity contribution in [1.29, 1.82) is 5.26 Å². The second kappa shape index (κ2) is 5.98. The molecule has 0 bridgehead atoms. The molecular formula is C15H13ClN4O. The molecule has 1 aliphatic heterocycles. The topological polar surface area (TPSA) is 62.0 Å². The molecule has 1 aliphatic rings. The summed E-state index contributed by atoms with van der Waals surface area (Å²) in [6.45, 7) is 1.47. The number of anilines is 1. The highest BCUT2D eigenvalue weighted by Gasteiger charge is 2.27. The molecule has 5 nitrogen and oxygen atoms in total. The van der Waals surface area contributed by atoms with E-state index in [1.165, 1.54) is 6.20 Å². The third-order valence-electron chi connectivity index (χ3n) is 3.33. The van der Waals surface area contributed by atoms with Crippen LogP contribution < -0.4 is 9.64 Å². The van der Waals surface area contributed by atoms with Crippen LogP contribution in [0.5, 0.6) is 5.75 Å². The van der Waals surface area contributed by atoms with Gasteiger partial charge in [0.15, 0.2) is 11.5 Å². The van der Waals surface area contributed by atoms with Gasteiger partial charge in [-0.15, -0.1) is 0 Å². The first-order valence-corrected chi connectivity index (χ1v) is 7.02. The molecule has 0 saturated carbocycles. The van der Waals surface area contributed by atoms with Crippen molar-refractivity contribution in [2.24, 2.45) is 0 Å². The van der Waals surface area contributed by atoms with Crippen molar-refractivity contribution in [2.45, 2.75) is 12.5 Å². The summed E-state index contributed by atoms with van der Waals surface area (Å²) < 4.78 is 5.92. The number of nitrogens with zero attached hydrogens (tertiary/aromatic N) is 4. The summed E-state index contributed by atoms with van der Waals surface area (Å²) >= 11 is 5.95. The van der Waals surface area contributed by atoms with Gasteiger partial charge in [-0.3, -0.25) is 0 Å². The van der Waals surface area contributed by atoms with E-state index in [1.807, 2.05) is 23.1 Å². The molecule has 0 spiro atoms. The Morgan fingerprint density at radius 1 is 1.33 bits per heavy atom. The van der Waals surface area contributed by atoms with Crippen LogP contribution in [0.25, 0.3) is 0 Å². The zero-order valence-corrected chi connectivity index (χ0v) is 12.0. The Labute approximate surface area is 127 Å². The van der Waals surface area contributed by atoms with Gasteiger partial charge in [-0.05, 0) is 18.2 Å². The van der Waals surface area contributed by atoms with E-state index in [1.54, 1.807) is 12.3 Å². The maximum Gasteiger partial charge on any atom is 0.183 e. The first-order chi connectivity index (χ1) is 10.3. The predicted octanol–water partition coefficient (Wildman–Crippen LogP) is 2.66. The number of aromatic nitrogens is 2. The van der Waals surface area contributed by atoms with Gasteiger partial charge in [0.1, 0.15) is 17.9 Å². The Hall–Kier alpha value is -2.32. The van der Waals surface area contributed by atoms with Gasteiger partial charge in [0.05, 0.1) is 6.54 Å². The van der Waals surface area contributed by atoms with Crippen LogP contribution in [-0.4, -0.2) is 29.2 Å². The first kappa shape index (κ1) is 13.7. The molecular weight excluding hydrogens is 288 g/mol. The third kappa shape index (κ3) is 3.06. The Balaban J connectivity index is 1.70. The molecule has 1 unspecified atom stereocenters. The van der Waals surface area contributed by atoms with E-state index < -0.39 is 0 Å². The van der Waals surface area contributed by atoms with Crippen LogP contribution in [-0.2, 0) is 0 Å². The van der Waals surface area contributed by atoms with Crippen LogP contribution in [0, 0.1) is 11.3 Å². The Kier molecular flexibility index (Phi) is 3.89. The molecule has 6 heteroatoms. The second-order valence-corrected chi connectivity index (χ2v) is 5.21. The number of rotatable bonds is 3. The normalized spacial score (nSPS) is 17.5. The zero-order valence-electron chi connectivity index (χ0n) is 11.2. The van der Waals surface area contributed by atoms with Gasteiger partial charge in [-0.25, -0.2) is 9.97 Å². The number of nitriles is 1. The van der Waals surface area contributed by atoms with Crippen LogP contribution in [0.4, 0.5) is 5.82 Å². The van der Waals surface area contributed by atoms with Crippen LogP contribution in [0.15, 0.2) is 36.7 Å². The summed E-state index contributed by atoms with van der Waals surface area (Å²) in [6.07, 6.45) is 4.05. The minimum Gasteiger partial charge on any atom is -0.488 e. The molecule has 0 N–H and O–H groups in total. The minimum atomic E-state index is 0.0528. The summed E-state index contributed by atoms with van der Waals surface area (Å²) in [5, 5.41) is 9.74. The molecule has 0 aliphatic carbocycles. The third-order valence-corrected chi connectivity index (χ3v) is 3.56. The second-order valence-electron chi connectivity index (χ2n) is 4.77. The van der Waals surface area contributed by atoms with E-state index in [4.69, 9.17) is 21.6 Å². The van der Waals surface area contributed by atoms with Crippen molar-refractivity contribution >= 4 is 17.4 Å². The van der Waals surface area contributed by atoms with Crippen molar-refractivity contribution in [3.8, 4) is 11.8 Å². The summed E-state index contributed by atoms with van der Waals surface area (Å²) in [5.41, 5.74) is 0.348. The quantitative estimate of drug-likeness (QED) is 0.872. The Morgan fingerprint density at radius 3 is 3.00 bits per heavy atom. The lowest BCUT2D eigenvalue weighted by molar-refractivity contribution is 0.225. The summed E-state index contributed by atoms with van der Waals surface area (Å²) in [6, 6.07) is 9.43. The van der Waals surface area contributed by atoms with Crippen molar-refractivity contribution in [1.82, 2.24) is 9.97 Å². The van der Waals surface area contributed by atoms with E-state index in [9.17, 15) is 0 Å². The highest BCUT2D eigenvalue weighted by molar-refractivity contribution is 6.30. The van der Waals surface area contributed by atoms with Crippen LogP contribution in [0.2, 0.25) is 5.02 Å². The van der Waals surface area contributed by atoms with Gasteiger partial charge in [0.2, 0.25) is 0 Å². The van der Waals surface area contributed by atoms with E-state index in [2.05, 4.69) is 16.0 Å². The standard InChI is InChI=1S/C15H13ClN4O/c16-11-2-1-3-12(8-11)21-13-4-7-20(10-13)15-14(9-17)18-5-6-19-15/h1-3,5-6,8,13H,4,7,10H2. The van der Waals surface area contributed by atoms with Crippen LogP contribution in [0.1, 0.15) is 12.1 Å². The summed E-state index contributed by atoms with van der Waals surface area (Å²) in [7, 11) is 0. The first-order valence-electron chi connectivity index (χ1n) is 6.64. The van der Waals surface area contributed by atoms with Gasteiger partial charge in [-0.1, -0.05) is 17.7 Å². The van der Waals surface area contributed by atoms with Crippen LogP contribution >= 0.6 is 11.6 Å². The fraction of sp³-hybridized carbons (Fsp3) is 0.267. The van der Waals surface area contributed by atoms with Gasteiger partial charge >= 0.3 is 0 Å². The van der Waals surface area contributed by atoms with Crippen molar-refractivity contribution in [2.75, 3.05) is 18.0 Å². The number of hydrogen-bond acceptors (Lipinski definition) is 5. The van der Waals surface area contributed by atoms with Gasteiger partial charge in [0.25, 0.3) is 0 Å². The fourth-order valence-corrected chi connectivity index (χ4v) is 2.57. The monoisotopic (exact) mass is 300 g/mol. The number of halogens is 1. The molecule has 2 aromatic rings. The van der Waals surface area contributed by atoms with Crippen molar-refractivity contribution < 1.29 is 4.74 Å². The highest BCUT2D eigenvalue weighted by atomic mass is 35.5. The molecule has 2 heterocycles. The number of benzene rings is 1. The smallest absolute Gasteiger partial charge is 0.183 e. The molecule has 1 atom stereocenters. The fourth-order valence-electron chi connectivity index (χ4n) is 2.39. The molecule has 1 aromatic carbocycles.